The zero-order valence-corrected chi connectivity index (χ0v) is 8.10. The maximum Gasteiger partial charge on any atom is 0.312 e. The number of fused-ring (bicyclic) bond motifs is 1. The van der Waals surface area contributed by atoms with Gasteiger partial charge in [-0.05, 0) is 23.8 Å². The number of primary amides is 1. The van der Waals surface area contributed by atoms with E-state index in [1.807, 2.05) is 30.3 Å². The molecule has 2 aromatic rings. The molecular weight excluding hydrogens is 190 g/mol. The fourth-order valence-corrected chi connectivity index (χ4v) is 1.42. The number of carbonyl (C=O) groups excluding carboxylic acids is 1. The molecule has 4 nitrogen and oxygen atoms in total. The molecule has 1 heterocycles. The van der Waals surface area contributed by atoms with Crippen molar-refractivity contribution in [2.45, 2.75) is 6.54 Å². The van der Waals surface area contributed by atoms with Gasteiger partial charge in [-0.25, -0.2) is 4.79 Å². The van der Waals surface area contributed by atoms with Crippen LogP contribution in [-0.2, 0) is 6.54 Å². The average Bonchev–Trinajstić information content (AvgIpc) is 2.26. The molecule has 76 valence electrons. The first kappa shape index (κ1) is 9.45. The van der Waals surface area contributed by atoms with E-state index in [1.54, 1.807) is 6.20 Å². The standard InChI is InChI=1S/C11H11N3O/c12-11(15)14-7-8-3-4-10-9(6-8)2-1-5-13-10/h1-6H,7H2,(H3,12,14,15). The Morgan fingerprint density at radius 3 is 3.07 bits per heavy atom. The number of nitrogens with two attached hydrogens (primary N) is 1. The van der Waals surface area contributed by atoms with Crippen LogP contribution in [0.2, 0.25) is 0 Å². The van der Waals surface area contributed by atoms with Gasteiger partial charge in [0.05, 0.1) is 5.52 Å². The predicted molar refractivity (Wildman–Crippen MR) is 58.2 cm³/mol. The molecule has 0 aliphatic carbocycles. The van der Waals surface area contributed by atoms with E-state index in [0.29, 0.717) is 6.54 Å². The Hall–Kier alpha value is -2.10. The minimum Gasteiger partial charge on any atom is -0.352 e. The lowest BCUT2D eigenvalue weighted by atomic mass is 10.1. The second-order valence-corrected chi connectivity index (χ2v) is 3.25. The molecule has 0 bridgehead atoms. The normalized spacial score (nSPS) is 10.1. The summed E-state index contributed by atoms with van der Waals surface area (Å²) in [4.78, 5) is 14.7. The number of aromatic nitrogens is 1. The largest absolute Gasteiger partial charge is 0.352 e. The number of benzene rings is 1. The molecule has 0 atom stereocenters. The van der Waals surface area contributed by atoms with Gasteiger partial charge in [-0.15, -0.1) is 0 Å². The fraction of sp³-hybridized carbons (Fsp3) is 0.0909. The van der Waals surface area contributed by atoms with Gasteiger partial charge in [0.25, 0.3) is 0 Å². The van der Waals surface area contributed by atoms with E-state index in [9.17, 15) is 4.79 Å². The van der Waals surface area contributed by atoms with Crippen LogP contribution in [0.3, 0.4) is 0 Å². The maximum absolute atomic E-state index is 10.5. The van der Waals surface area contributed by atoms with E-state index in [4.69, 9.17) is 5.73 Å². The monoisotopic (exact) mass is 201 g/mol. The van der Waals surface area contributed by atoms with Crippen LogP contribution in [0, 0.1) is 0 Å². The number of pyridine rings is 1. The highest BCUT2D eigenvalue weighted by Crippen LogP contribution is 2.12. The second kappa shape index (κ2) is 3.96. The molecule has 1 aromatic carbocycles. The molecule has 0 saturated heterocycles. The Morgan fingerprint density at radius 1 is 1.40 bits per heavy atom. The van der Waals surface area contributed by atoms with Gasteiger partial charge in [0.2, 0.25) is 0 Å². The third-order valence-corrected chi connectivity index (χ3v) is 2.13. The van der Waals surface area contributed by atoms with E-state index >= 15 is 0 Å². The number of nitrogens with zero attached hydrogens (tertiary/aromatic N) is 1. The van der Waals surface area contributed by atoms with Crippen molar-refractivity contribution in [1.82, 2.24) is 10.3 Å². The summed E-state index contributed by atoms with van der Waals surface area (Å²) in [6.45, 7) is 0.445. The molecular formula is C11H11N3O. The lowest BCUT2D eigenvalue weighted by Crippen LogP contribution is -2.28. The van der Waals surface area contributed by atoms with Gasteiger partial charge in [-0.3, -0.25) is 4.98 Å². The number of nitrogens with one attached hydrogen (secondary N) is 1. The first-order chi connectivity index (χ1) is 7.25. The van der Waals surface area contributed by atoms with E-state index in [2.05, 4.69) is 10.3 Å². The zero-order valence-electron chi connectivity index (χ0n) is 8.10. The van der Waals surface area contributed by atoms with Crippen molar-refractivity contribution in [2.75, 3.05) is 0 Å². The Labute approximate surface area is 87.1 Å². The Morgan fingerprint density at radius 2 is 2.27 bits per heavy atom. The van der Waals surface area contributed by atoms with Gasteiger partial charge < -0.3 is 11.1 Å². The van der Waals surface area contributed by atoms with Crippen LogP contribution in [-0.4, -0.2) is 11.0 Å². The van der Waals surface area contributed by atoms with Crippen molar-refractivity contribution < 1.29 is 4.79 Å². The highest BCUT2D eigenvalue weighted by atomic mass is 16.2. The van der Waals surface area contributed by atoms with Crippen LogP contribution in [0.4, 0.5) is 4.79 Å². The van der Waals surface area contributed by atoms with Crippen LogP contribution in [0.1, 0.15) is 5.56 Å². The van der Waals surface area contributed by atoms with E-state index in [-0.39, 0.29) is 0 Å². The highest BCUT2D eigenvalue weighted by Gasteiger charge is 1.97. The van der Waals surface area contributed by atoms with Crippen molar-refractivity contribution >= 4 is 16.9 Å². The third-order valence-electron chi connectivity index (χ3n) is 2.13. The minimum atomic E-state index is -0.513. The highest BCUT2D eigenvalue weighted by molar-refractivity contribution is 5.79. The maximum atomic E-state index is 10.5. The third kappa shape index (κ3) is 2.22. The number of urea groups is 1. The van der Waals surface area contributed by atoms with Crippen molar-refractivity contribution in [1.29, 1.82) is 0 Å². The first-order valence-corrected chi connectivity index (χ1v) is 4.63. The molecule has 3 N–H and O–H groups in total. The van der Waals surface area contributed by atoms with Crippen LogP contribution in [0.25, 0.3) is 10.9 Å². The fourth-order valence-electron chi connectivity index (χ4n) is 1.42. The molecule has 2 rings (SSSR count). The van der Waals surface area contributed by atoms with Crippen molar-refractivity contribution in [3.8, 4) is 0 Å². The summed E-state index contributed by atoms with van der Waals surface area (Å²) in [5.74, 6) is 0. The van der Waals surface area contributed by atoms with E-state index in [0.717, 1.165) is 16.5 Å². The van der Waals surface area contributed by atoms with Crippen LogP contribution < -0.4 is 11.1 Å². The smallest absolute Gasteiger partial charge is 0.312 e. The summed E-state index contributed by atoms with van der Waals surface area (Å²) >= 11 is 0. The van der Waals surface area contributed by atoms with Crippen molar-refractivity contribution in [3.05, 3.63) is 42.1 Å². The molecule has 0 aliphatic heterocycles. The summed E-state index contributed by atoms with van der Waals surface area (Å²) in [6.07, 6.45) is 1.75. The molecule has 0 unspecified atom stereocenters. The summed E-state index contributed by atoms with van der Waals surface area (Å²) in [5.41, 5.74) is 6.94. The summed E-state index contributed by atoms with van der Waals surface area (Å²) in [5, 5.41) is 3.60. The Bertz CT molecular complexity index is 496. The van der Waals surface area contributed by atoms with Gasteiger partial charge in [-0.1, -0.05) is 12.1 Å². The molecule has 0 fully saturated rings. The van der Waals surface area contributed by atoms with Crippen LogP contribution in [0.15, 0.2) is 36.5 Å². The number of amides is 2. The molecule has 0 spiro atoms. The number of hydrogen-bond donors (Lipinski definition) is 2. The van der Waals surface area contributed by atoms with E-state index < -0.39 is 6.03 Å². The van der Waals surface area contributed by atoms with Crippen molar-refractivity contribution in [2.24, 2.45) is 5.73 Å². The molecule has 0 radical (unpaired) electrons. The molecule has 0 aliphatic rings. The summed E-state index contributed by atoms with van der Waals surface area (Å²) < 4.78 is 0. The van der Waals surface area contributed by atoms with Gasteiger partial charge in [0, 0.05) is 18.1 Å². The predicted octanol–water partition coefficient (Wildman–Crippen LogP) is 1.40. The SMILES string of the molecule is NC(=O)NCc1ccc2ncccc2c1. The van der Waals surface area contributed by atoms with Gasteiger partial charge in [-0.2, -0.15) is 0 Å². The van der Waals surface area contributed by atoms with E-state index in [1.165, 1.54) is 0 Å². The molecule has 4 heteroatoms. The van der Waals surface area contributed by atoms with Gasteiger partial charge in [0.1, 0.15) is 0 Å². The lowest BCUT2D eigenvalue weighted by molar-refractivity contribution is 0.248. The summed E-state index contributed by atoms with van der Waals surface area (Å²) in [6, 6.07) is 9.18. The zero-order chi connectivity index (χ0) is 10.7. The average molecular weight is 201 g/mol. The van der Waals surface area contributed by atoms with Gasteiger partial charge >= 0.3 is 6.03 Å². The molecule has 2 amide bonds. The quantitative estimate of drug-likeness (QED) is 0.771. The van der Waals surface area contributed by atoms with Crippen LogP contribution in [0.5, 0.6) is 0 Å². The molecule has 15 heavy (non-hydrogen) atoms. The van der Waals surface area contributed by atoms with Gasteiger partial charge in [0.15, 0.2) is 0 Å². The number of carbonyl (C=O) groups is 1. The number of rotatable bonds is 2. The lowest BCUT2D eigenvalue weighted by Gasteiger charge is -2.03. The molecule has 1 aromatic heterocycles. The second-order valence-electron chi connectivity index (χ2n) is 3.25. The Kier molecular flexibility index (Phi) is 2.49. The molecule has 0 saturated carbocycles. The van der Waals surface area contributed by atoms with Crippen molar-refractivity contribution in [3.63, 3.8) is 0 Å². The minimum absolute atomic E-state index is 0.445. The Balaban J connectivity index is 2.26. The number of hydrogen-bond acceptors (Lipinski definition) is 2. The summed E-state index contributed by atoms with van der Waals surface area (Å²) in [7, 11) is 0. The first-order valence-electron chi connectivity index (χ1n) is 4.63. The van der Waals surface area contributed by atoms with Crippen LogP contribution >= 0.6 is 0 Å². The topological polar surface area (TPSA) is 68.0 Å².